The highest BCUT2D eigenvalue weighted by atomic mass is 16.2. The SMILES string of the molecule is CN(C)C(=O)C1CCC(Nc2ncc3c(-c4ccn5nccc5n4)c[nH]c3n2)CC1. The Bertz CT molecular complexity index is 1200. The highest BCUT2D eigenvalue weighted by Gasteiger charge is 2.27. The van der Waals surface area contributed by atoms with E-state index in [0.29, 0.717) is 5.95 Å². The quantitative estimate of drug-likeness (QED) is 0.542. The van der Waals surface area contributed by atoms with Crippen molar-refractivity contribution in [3.8, 4) is 11.3 Å². The first-order chi connectivity index (χ1) is 14.6. The molecule has 0 atom stereocenters. The van der Waals surface area contributed by atoms with Gasteiger partial charge in [0, 0.05) is 61.7 Å². The molecule has 1 fully saturated rings. The summed E-state index contributed by atoms with van der Waals surface area (Å²) in [6.07, 6.45) is 11.0. The highest BCUT2D eigenvalue weighted by Crippen LogP contribution is 2.29. The molecule has 154 valence electrons. The van der Waals surface area contributed by atoms with Crippen LogP contribution in [-0.2, 0) is 4.79 Å². The summed E-state index contributed by atoms with van der Waals surface area (Å²) < 4.78 is 1.73. The van der Waals surface area contributed by atoms with Crippen LogP contribution in [0.4, 0.5) is 5.95 Å². The summed E-state index contributed by atoms with van der Waals surface area (Å²) in [5.41, 5.74) is 3.38. The van der Waals surface area contributed by atoms with Crippen molar-refractivity contribution in [2.75, 3.05) is 19.4 Å². The first-order valence-corrected chi connectivity index (χ1v) is 10.2. The van der Waals surface area contributed by atoms with Gasteiger partial charge in [-0.3, -0.25) is 4.79 Å². The molecule has 1 aliphatic rings. The van der Waals surface area contributed by atoms with E-state index in [9.17, 15) is 4.79 Å². The van der Waals surface area contributed by atoms with E-state index in [-0.39, 0.29) is 17.9 Å². The standard InChI is InChI=1S/C21H24N8O/c1-28(2)20(30)13-3-5-14(6-4-13)25-21-23-12-16-15(11-22-19(16)27-21)17-8-10-29-18(26-17)7-9-24-29/h7-14H,3-6H2,1-2H3,(H2,22,23,25,27). The molecule has 2 N–H and O–H groups in total. The summed E-state index contributed by atoms with van der Waals surface area (Å²) >= 11 is 0. The van der Waals surface area contributed by atoms with Crippen molar-refractivity contribution in [1.29, 1.82) is 0 Å². The van der Waals surface area contributed by atoms with Gasteiger partial charge in [-0.1, -0.05) is 0 Å². The molecule has 5 rings (SSSR count). The van der Waals surface area contributed by atoms with Gasteiger partial charge in [0.05, 0.1) is 11.9 Å². The van der Waals surface area contributed by atoms with Crippen molar-refractivity contribution in [1.82, 2.24) is 34.4 Å². The molecule has 9 heteroatoms. The first-order valence-electron chi connectivity index (χ1n) is 10.2. The Morgan fingerprint density at radius 2 is 2.03 bits per heavy atom. The van der Waals surface area contributed by atoms with E-state index in [0.717, 1.165) is 53.6 Å². The Morgan fingerprint density at radius 1 is 1.20 bits per heavy atom. The van der Waals surface area contributed by atoms with Crippen LogP contribution in [0.2, 0.25) is 0 Å². The fourth-order valence-electron chi connectivity index (χ4n) is 4.18. The maximum atomic E-state index is 12.2. The van der Waals surface area contributed by atoms with E-state index in [1.165, 1.54) is 0 Å². The second kappa shape index (κ2) is 7.40. The van der Waals surface area contributed by atoms with E-state index >= 15 is 0 Å². The number of nitrogens with zero attached hydrogens (tertiary/aromatic N) is 6. The van der Waals surface area contributed by atoms with Gasteiger partial charge in [0.1, 0.15) is 5.65 Å². The molecule has 0 spiro atoms. The number of carbonyl (C=O) groups is 1. The summed E-state index contributed by atoms with van der Waals surface area (Å²) in [5, 5.41) is 8.55. The maximum absolute atomic E-state index is 12.2. The van der Waals surface area contributed by atoms with Gasteiger partial charge in [0.25, 0.3) is 0 Å². The van der Waals surface area contributed by atoms with Gasteiger partial charge in [-0.25, -0.2) is 14.5 Å². The number of nitrogens with one attached hydrogen (secondary N) is 2. The Labute approximate surface area is 173 Å². The molecule has 1 amide bonds. The van der Waals surface area contributed by atoms with Crippen LogP contribution in [0.25, 0.3) is 27.9 Å². The molecule has 0 aromatic carbocycles. The Kier molecular flexibility index (Phi) is 4.57. The summed E-state index contributed by atoms with van der Waals surface area (Å²) in [7, 11) is 3.65. The third kappa shape index (κ3) is 3.36. The second-order valence-electron chi connectivity index (χ2n) is 8.03. The van der Waals surface area contributed by atoms with Crippen LogP contribution < -0.4 is 5.32 Å². The lowest BCUT2D eigenvalue weighted by Crippen LogP contribution is -2.35. The van der Waals surface area contributed by atoms with E-state index in [1.54, 1.807) is 15.6 Å². The predicted molar refractivity (Wildman–Crippen MR) is 114 cm³/mol. The normalized spacial score (nSPS) is 19.3. The molecule has 30 heavy (non-hydrogen) atoms. The third-order valence-corrected chi connectivity index (χ3v) is 5.82. The average molecular weight is 404 g/mol. The highest BCUT2D eigenvalue weighted by molar-refractivity contribution is 5.92. The van der Waals surface area contributed by atoms with E-state index in [4.69, 9.17) is 0 Å². The molecule has 4 aromatic heterocycles. The molecule has 1 saturated carbocycles. The van der Waals surface area contributed by atoms with Crippen LogP contribution in [0.3, 0.4) is 0 Å². The molecular formula is C21H24N8O. The maximum Gasteiger partial charge on any atom is 0.225 e. The minimum absolute atomic E-state index is 0.132. The number of hydrogen-bond donors (Lipinski definition) is 2. The van der Waals surface area contributed by atoms with Crippen LogP contribution in [0.1, 0.15) is 25.7 Å². The van der Waals surface area contributed by atoms with Crippen molar-refractivity contribution >= 4 is 28.5 Å². The van der Waals surface area contributed by atoms with Gasteiger partial charge in [0.15, 0.2) is 5.65 Å². The first kappa shape index (κ1) is 18.5. The number of rotatable bonds is 4. The van der Waals surface area contributed by atoms with Crippen LogP contribution in [0.15, 0.2) is 36.9 Å². The van der Waals surface area contributed by atoms with Crippen LogP contribution in [0, 0.1) is 5.92 Å². The van der Waals surface area contributed by atoms with Crippen molar-refractivity contribution in [2.45, 2.75) is 31.7 Å². The smallest absolute Gasteiger partial charge is 0.225 e. The molecule has 4 aromatic rings. The van der Waals surface area contributed by atoms with Crippen molar-refractivity contribution in [2.24, 2.45) is 5.92 Å². The number of carbonyl (C=O) groups excluding carboxylic acids is 1. The Balaban J connectivity index is 1.31. The van der Waals surface area contributed by atoms with Crippen molar-refractivity contribution in [3.63, 3.8) is 0 Å². The monoisotopic (exact) mass is 404 g/mol. The van der Waals surface area contributed by atoms with E-state index < -0.39 is 0 Å². The minimum Gasteiger partial charge on any atom is -0.351 e. The molecule has 0 aliphatic heterocycles. The molecule has 1 aliphatic carbocycles. The third-order valence-electron chi connectivity index (χ3n) is 5.82. The van der Waals surface area contributed by atoms with Crippen molar-refractivity contribution < 1.29 is 4.79 Å². The summed E-state index contributed by atoms with van der Waals surface area (Å²) in [6, 6.07) is 4.09. The van der Waals surface area contributed by atoms with Crippen LogP contribution >= 0.6 is 0 Å². The van der Waals surface area contributed by atoms with E-state index in [1.807, 2.05) is 44.8 Å². The summed E-state index contributed by atoms with van der Waals surface area (Å²) in [6.45, 7) is 0. The molecule has 0 radical (unpaired) electrons. The number of aromatic amines is 1. The van der Waals surface area contributed by atoms with Gasteiger partial charge in [0.2, 0.25) is 11.9 Å². The molecule has 0 unspecified atom stereocenters. The number of amides is 1. The number of aromatic nitrogens is 6. The molecule has 0 saturated heterocycles. The average Bonchev–Trinajstić information content (AvgIpc) is 3.39. The summed E-state index contributed by atoms with van der Waals surface area (Å²) in [5.74, 6) is 0.971. The lowest BCUT2D eigenvalue weighted by Gasteiger charge is -2.29. The zero-order valence-electron chi connectivity index (χ0n) is 17.0. The zero-order valence-corrected chi connectivity index (χ0v) is 17.0. The van der Waals surface area contributed by atoms with Gasteiger partial charge >= 0.3 is 0 Å². The van der Waals surface area contributed by atoms with Gasteiger partial charge in [-0.15, -0.1) is 0 Å². The number of anilines is 1. The lowest BCUT2D eigenvalue weighted by molar-refractivity contribution is -0.133. The van der Waals surface area contributed by atoms with Crippen molar-refractivity contribution in [3.05, 3.63) is 36.9 Å². The molecule has 9 nitrogen and oxygen atoms in total. The zero-order chi connectivity index (χ0) is 20.7. The second-order valence-corrected chi connectivity index (χ2v) is 8.03. The molecular weight excluding hydrogens is 380 g/mol. The Hall–Kier alpha value is -3.49. The van der Waals surface area contributed by atoms with Gasteiger partial charge < -0.3 is 15.2 Å². The minimum atomic E-state index is 0.132. The van der Waals surface area contributed by atoms with Crippen LogP contribution in [0.5, 0.6) is 0 Å². The number of hydrogen-bond acceptors (Lipinski definition) is 6. The fraction of sp³-hybridized carbons (Fsp3) is 0.381. The predicted octanol–water partition coefficient (Wildman–Crippen LogP) is 2.73. The van der Waals surface area contributed by atoms with Crippen LogP contribution in [-0.4, -0.2) is 60.5 Å². The number of fused-ring (bicyclic) bond motifs is 2. The number of H-pyrrole nitrogens is 1. The Morgan fingerprint density at radius 3 is 2.83 bits per heavy atom. The van der Waals surface area contributed by atoms with Gasteiger partial charge in [-0.2, -0.15) is 10.1 Å². The molecule has 0 bridgehead atoms. The topological polar surface area (TPSA) is 104 Å². The fourth-order valence-corrected chi connectivity index (χ4v) is 4.18. The largest absolute Gasteiger partial charge is 0.351 e. The summed E-state index contributed by atoms with van der Waals surface area (Å²) in [4.78, 5) is 30.9. The lowest BCUT2D eigenvalue weighted by atomic mass is 9.85. The molecule has 4 heterocycles. The van der Waals surface area contributed by atoms with Gasteiger partial charge in [-0.05, 0) is 31.7 Å². The van der Waals surface area contributed by atoms with E-state index in [2.05, 4.69) is 30.4 Å².